The van der Waals surface area contributed by atoms with Crippen LogP contribution in [0.4, 0.5) is 4.39 Å². The van der Waals surface area contributed by atoms with Gasteiger partial charge in [-0.15, -0.1) is 0 Å². The maximum atomic E-state index is 13.4. The van der Waals surface area contributed by atoms with Gasteiger partial charge in [0.25, 0.3) is 11.8 Å². The normalized spacial score (nSPS) is 14.5. The van der Waals surface area contributed by atoms with Gasteiger partial charge in [-0.25, -0.2) is 4.98 Å². The molecule has 0 radical (unpaired) electrons. The quantitative estimate of drug-likeness (QED) is 0.672. The number of benzene rings is 1. The van der Waals surface area contributed by atoms with Crippen LogP contribution >= 0.6 is 11.6 Å². The predicted molar refractivity (Wildman–Crippen MR) is 113 cm³/mol. The first-order valence-electron chi connectivity index (χ1n) is 9.81. The molecule has 3 rings (SSSR count). The van der Waals surface area contributed by atoms with Crippen LogP contribution < -0.4 is 4.74 Å². The zero-order valence-corrected chi connectivity index (χ0v) is 18.1. The summed E-state index contributed by atoms with van der Waals surface area (Å²) in [5.41, 5.74) is 1.46. The summed E-state index contributed by atoms with van der Waals surface area (Å²) in [6.07, 6.45) is 1.50. The Hall–Kier alpha value is -2.67. The topological polar surface area (TPSA) is 62.7 Å². The molecule has 1 saturated heterocycles. The largest absolute Gasteiger partial charge is 0.497 e. The van der Waals surface area contributed by atoms with Crippen molar-refractivity contribution in [1.29, 1.82) is 0 Å². The molecule has 2 amide bonds. The van der Waals surface area contributed by atoms with Crippen molar-refractivity contribution >= 4 is 23.4 Å². The van der Waals surface area contributed by atoms with Crippen LogP contribution in [0.15, 0.2) is 30.3 Å². The molecule has 1 aromatic carbocycles. The number of methoxy groups -OCH3 is 1. The van der Waals surface area contributed by atoms with E-state index < -0.39 is 5.95 Å². The Labute approximate surface area is 180 Å². The molecule has 2 aromatic rings. The molecule has 1 aliphatic heterocycles. The van der Waals surface area contributed by atoms with Crippen LogP contribution in [0.2, 0.25) is 5.02 Å². The Morgan fingerprint density at radius 2 is 1.97 bits per heavy atom. The number of pyridine rings is 1. The molecule has 1 fully saturated rings. The lowest BCUT2D eigenvalue weighted by molar-refractivity contribution is 0.0629. The van der Waals surface area contributed by atoms with E-state index in [0.717, 1.165) is 30.2 Å². The van der Waals surface area contributed by atoms with Crippen LogP contribution in [-0.2, 0) is 0 Å². The van der Waals surface area contributed by atoms with Gasteiger partial charge in [0.15, 0.2) is 0 Å². The van der Waals surface area contributed by atoms with Gasteiger partial charge in [-0.2, -0.15) is 4.39 Å². The van der Waals surface area contributed by atoms with E-state index in [1.54, 1.807) is 36.1 Å². The minimum atomic E-state index is -0.730. The second-order valence-electron chi connectivity index (χ2n) is 7.57. The fraction of sp³-hybridized carbons (Fsp3) is 0.409. The van der Waals surface area contributed by atoms with Gasteiger partial charge >= 0.3 is 0 Å². The van der Waals surface area contributed by atoms with Crippen molar-refractivity contribution in [3.05, 3.63) is 58.1 Å². The summed E-state index contributed by atoms with van der Waals surface area (Å²) >= 11 is 6.00. The van der Waals surface area contributed by atoms with Crippen molar-refractivity contribution in [2.45, 2.75) is 19.8 Å². The molecule has 0 spiro atoms. The first-order chi connectivity index (χ1) is 14.3. The number of hydrogen-bond donors (Lipinski definition) is 0. The average molecular weight is 434 g/mol. The molecule has 160 valence electrons. The second kappa shape index (κ2) is 9.43. The van der Waals surface area contributed by atoms with Crippen LogP contribution in [0.5, 0.6) is 5.75 Å². The first kappa shape index (κ1) is 22.0. The van der Waals surface area contributed by atoms with Gasteiger partial charge in [0, 0.05) is 32.2 Å². The van der Waals surface area contributed by atoms with Gasteiger partial charge in [-0.05, 0) is 61.6 Å². The van der Waals surface area contributed by atoms with E-state index in [1.165, 1.54) is 6.07 Å². The van der Waals surface area contributed by atoms with Gasteiger partial charge in [0.1, 0.15) is 11.4 Å². The number of carbonyl (C=O) groups is 2. The third-order valence-electron chi connectivity index (χ3n) is 5.46. The van der Waals surface area contributed by atoms with E-state index in [0.29, 0.717) is 25.2 Å². The van der Waals surface area contributed by atoms with E-state index in [9.17, 15) is 14.0 Å². The lowest BCUT2D eigenvalue weighted by atomic mass is 9.95. The van der Waals surface area contributed by atoms with Crippen molar-refractivity contribution in [3.63, 3.8) is 0 Å². The Bertz CT molecular complexity index is 945. The summed E-state index contributed by atoms with van der Waals surface area (Å²) in [6.45, 7) is 3.52. The maximum absolute atomic E-state index is 13.4. The Morgan fingerprint density at radius 1 is 1.27 bits per heavy atom. The molecule has 0 atom stereocenters. The zero-order valence-electron chi connectivity index (χ0n) is 17.3. The highest BCUT2D eigenvalue weighted by atomic mass is 35.5. The minimum absolute atomic E-state index is 0.0376. The van der Waals surface area contributed by atoms with Crippen molar-refractivity contribution in [2.75, 3.05) is 33.8 Å². The number of hydrogen-bond acceptors (Lipinski definition) is 4. The Kier molecular flexibility index (Phi) is 6.92. The molecule has 8 heteroatoms. The number of aryl methyl sites for hydroxylation is 1. The number of aromatic nitrogens is 1. The Balaban J connectivity index is 1.57. The van der Waals surface area contributed by atoms with Crippen LogP contribution in [-0.4, -0.2) is 60.4 Å². The maximum Gasteiger partial charge on any atom is 0.274 e. The first-order valence-corrected chi connectivity index (χ1v) is 10.2. The monoisotopic (exact) mass is 433 g/mol. The fourth-order valence-electron chi connectivity index (χ4n) is 3.72. The third-order valence-corrected chi connectivity index (χ3v) is 5.76. The smallest absolute Gasteiger partial charge is 0.274 e. The van der Waals surface area contributed by atoms with Crippen molar-refractivity contribution in [3.8, 4) is 5.75 Å². The van der Waals surface area contributed by atoms with Gasteiger partial charge in [0.05, 0.1) is 12.1 Å². The van der Waals surface area contributed by atoms with Gasteiger partial charge in [-0.3, -0.25) is 9.59 Å². The summed E-state index contributed by atoms with van der Waals surface area (Å²) < 4.78 is 18.6. The molecular weight excluding hydrogens is 409 g/mol. The van der Waals surface area contributed by atoms with Gasteiger partial charge in [0.2, 0.25) is 5.95 Å². The molecular formula is C22H25ClFN3O3. The number of amides is 2. The van der Waals surface area contributed by atoms with Crippen molar-refractivity contribution in [1.82, 2.24) is 14.8 Å². The minimum Gasteiger partial charge on any atom is -0.497 e. The summed E-state index contributed by atoms with van der Waals surface area (Å²) in [5.74, 6) is -0.138. The number of piperidine rings is 1. The fourth-order valence-corrected chi connectivity index (χ4v) is 3.90. The zero-order chi connectivity index (χ0) is 21.8. The van der Waals surface area contributed by atoms with Crippen molar-refractivity contribution < 1.29 is 18.7 Å². The highest BCUT2D eigenvalue weighted by Crippen LogP contribution is 2.24. The van der Waals surface area contributed by atoms with E-state index >= 15 is 0 Å². The summed E-state index contributed by atoms with van der Waals surface area (Å²) in [4.78, 5) is 32.5. The molecule has 0 N–H and O–H groups in total. The molecule has 0 unspecified atom stereocenters. The highest BCUT2D eigenvalue weighted by Gasteiger charge is 2.27. The lowest BCUT2D eigenvalue weighted by Crippen LogP contribution is -2.42. The molecule has 30 heavy (non-hydrogen) atoms. The molecule has 0 saturated carbocycles. The summed E-state index contributed by atoms with van der Waals surface area (Å²) in [6, 6.07) is 7.87. The molecule has 0 aliphatic carbocycles. The number of likely N-dealkylation sites (tertiary alicyclic amines) is 1. The Morgan fingerprint density at radius 3 is 2.60 bits per heavy atom. The van der Waals surface area contributed by atoms with Gasteiger partial charge in [-0.1, -0.05) is 11.6 Å². The van der Waals surface area contributed by atoms with Crippen LogP contribution in [0.1, 0.15) is 39.3 Å². The summed E-state index contributed by atoms with van der Waals surface area (Å²) in [5, 5.41) is 0.142. The number of nitrogens with zero attached hydrogens (tertiary/aromatic N) is 3. The van der Waals surface area contributed by atoms with Crippen LogP contribution in [0.3, 0.4) is 0 Å². The second-order valence-corrected chi connectivity index (χ2v) is 7.97. The summed E-state index contributed by atoms with van der Waals surface area (Å²) in [7, 11) is 3.39. The number of ether oxygens (including phenoxy) is 1. The number of carbonyl (C=O) groups excluding carboxylic acids is 2. The van der Waals surface area contributed by atoms with E-state index in [4.69, 9.17) is 16.3 Å². The molecule has 6 nitrogen and oxygen atoms in total. The number of halogens is 2. The molecule has 1 aliphatic rings. The highest BCUT2D eigenvalue weighted by molar-refractivity contribution is 6.33. The third kappa shape index (κ3) is 4.90. The standard InChI is InChI=1S/C22H25ClFN3O3/c1-14-12-16(30-3)4-5-17(14)21(28)26(2)13-15-8-10-27(11-9-15)22(29)20-18(23)6-7-19(24)25-20/h4-7,12,15H,8-11,13H2,1-3H3. The number of rotatable bonds is 5. The van der Waals surface area contributed by atoms with Gasteiger partial charge < -0.3 is 14.5 Å². The molecule has 0 bridgehead atoms. The lowest BCUT2D eigenvalue weighted by Gasteiger charge is -2.34. The predicted octanol–water partition coefficient (Wildman–Crippen LogP) is 3.82. The molecule has 2 heterocycles. The van der Waals surface area contributed by atoms with E-state index in [1.807, 2.05) is 13.0 Å². The SMILES string of the molecule is COc1ccc(C(=O)N(C)CC2CCN(C(=O)c3nc(F)ccc3Cl)CC2)c(C)c1. The van der Waals surface area contributed by atoms with E-state index in [2.05, 4.69) is 4.98 Å². The molecule has 1 aromatic heterocycles. The van der Waals surface area contributed by atoms with E-state index in [-0.39, 0.29) is 28.4 Å². The van der Waals surface area contributed by atoms with Crippen LogP contribution in [0, 0.1) is 18.8 Å². The van der Waals surface area contributed by atoms with Crippen molar-refractivity contribution in [2.24, 2.45) is 5.92 Å². The average Bonchev–Trinajstić information content (AvgIpc) is 2.74. The van der Waals surface area contributed by atoms with Crippen LogP contribution in [0.25, 0.3) is 0 Å².